The van der Waals surface area contributed by atoms with Crippen LogP contribution in [0.4, 0.5) is 4.39 Å². The summed E-state index contributed by atoms with van der Waals surface area (Å²) in [5, 5.41) is 9.30. The molecule has 0 bridgehead atoms. The second-order valence-electron chi connectivity index (χ2n) is 4.50. The van der Waals surface area contributed by atoms with Crippen molar-refractivity contribution < 1.29 is 14.2 Å². The number of nitrogens with zero attached hydrogens (tertiary/aromatic N) is 1. The van der Waals surface area contributed by atoms with Crippen molar-refractivity contribution in [2.45, 2.75) is 19.1 Å². The maximum absolute atomic E-state index is 13.1. The smallest absolute Gasteiger partial charge is 0.123 e. The van der Waals surface area contributed by atoms with E-state index in [-0.39, 0.29) is 18.5 Å². The van der Waals surface area contributed by atoms with Gasteiger partial charge in [-0.2, -0.15) is 0 Å². The molecule has 1 aliphatic heterocycles. The Kier molecular flexibility index (Phi) is 4.66. The van der Waals surface area contributed by atoms with Crippen LogP contribution in [0.5, 0.6) is 0 Å². The first-order valence-corrected chi connectivity index (χ1v) is 6.14. The molecule has 1 aliphatic rings. The van der Waals surface area contributed by atoms with Crippen molar-refractivity contribution in [2.24, 2.45) is 5.73 Å². The summed E-state index contributed by atoms with van der Waals surface area (Å²) in [5.74, 6) is -0.264. The van der Waals surface area contributed by atoms with E-state index < -0.39 is 0 Å². The average molecular weight is 254 g/mol. The van der Waals surface area contributed by atoms with Gasteiger partial charge in [-0.05, 0) is 23.3 Å². The van der Waals surface area contributed by atoms with Crippen LogP contribution in [0.3, 0.4) is 0 Å². The molecule has 0 spiro atoms. The summed E-state index contributed by atoms with van der Waals surface area (Å²) in [5.41, 5.74) is 7.46. The maximum atomic E-state index is 13.1. The largest absolute Gasteiger partial charge is 0.395 e. The van der Waals surface area contributed by atoms with E-state index in [1.807, 2.05) is 0 Å². The molecular weight excluding hydrogens is 235 g/mol. The molecule has 18 heavy (non-hydrogen) atoms. The lowest BCUT2D eigenvalue weighted by molar-refractivity contribution is -0.0313. The summed E-state index contributed by atoms with van der Waals surface area (Å²) < 4.78 is 18.5. The van der Waals surface area contributed by atoms with E-state index in [4.69, 9.17) is 10.5 Å². The van der Waals surface area contributed by atoms with Gasteiger partial charge in [0.2, 0.25) is 0 Å². The highest BCUT2D eigenvalue weighted by Crippen LogP contribution is 2.16. The lowest BCUT2D eigenvalue weighted by Gasteiger charge is -2.34. The molecule has 5 heteroatoms. The van der Waals surface area contributed by atoms with E-state index in [1.54, 1.807) is 6.07 Å². The summed E-state index contributed by atoms with van der Waals surface area (Å²) in [6, 6.07) is 4.70. The van der Waals surface area contributed by atoms with Gasteiger partial charge in [0.25, 0.3) is 0 Å². The molecule has 0 saturated carbocycles. The molecule has 0 radical (unpaired) electrons. The lowest BCUT2D eigenvalue weighted by atomic mass is 10.1. The number of aliphatic hydroxyl groups excluding tert-OH is 1. The third kappa shape index (κ3) is 3.05. The van der Waals surface area contributed by atoms with Gasteiger partial charge in [-0.15, -0.1) is 0 Å². The van der Waals surface area contributed by atoms with Gasteiger partial charge in [-0.1, -0.05) is 6.07 Å². The van der Waals surface area contributed by atoms with Gasteiger partial charge < -0.3 is 15.6 Å². The summed E-state index contributed by atoms with van der Waals surface area (Å²) in [6.45, 7) is 3.03. The molecule has 3 N–H and O–H groups in total. The molecule has 1 unspecified atom stereocenters. The van der Waals surface area contributed by atoms with E-state index in [1.165, 1.54) is 12.1 Å². The fourth-order valence-corrected chi connectivity index (χ4v) is 2.22. The Balaban J connectivity index is 2.12. The minimum Gasteiger partial charge on any atom is -0.395 e. The summed E-state index contributed by atoms with van der Waals surface area (Å²) in [4.78, 5) is 2.15. The molecule has 100 valence electrons. The highest BCUT2D eigenvalue weighted by atomic mass is 19.1. The van der Waals surface area contributed by atoms with Crippen LogP contribution in [-0.4, -0.2) is 42.4 Å². The third-order valence-corrected chi connectivity index (χ3v) is 3.32. The molecule has 1 fully saturated rings. The Morgan fingerprint density at radius 2 is 2.28 bits per heavy atom. The van der Waals surface area contributed by atoms with Crippen LogP contribution in [0.25, 0.3) is 0 Å². The quantitative estimate of drug-likeness (QED) is 0.820. The lowest BCUT2D eigenvalue weighted by Crippen LogP contribution is -2.47. The van der Waals surface area contributed by atoms with Gasteiger partial charge in [0, 0.05) is 19.6 Å². The molecule has 1 heterocycles. The highest BCUT2D eigenvalue weighted by Gasteiger charge is 2.22. The third-order valence-electron chi connectivity index (χ3n) is 3.32. The van der Waals surface area contributed by atoms with Crippen molar-refractivity contribution in [3.8, 4) is 0 Å². The van der Waals surface area contributed by atoms with Crippen LogP contribution in [0.2, 0.25) is 0 Å². The van der Waals surface area contributed by atoms with Crippen molar-refractivity contribution in [3.63, 3.8) is 0 Å². The number of nitrogens with two attached hydrogens (primary N) is 1. The normalized spacial score (nSPS) is 21.2. The zero-order chi connectivity index (χ0) is 13.0. The first-order chi connectivity index (χ1) is 8.74. The van der Waals surface area contributed by atoms with Gasteiger partial charge in [-0.25, -0.2) is 4.39 Å². The van der Waals surface area contributed by atoms with Crippen LogP contribution >= 0.6 is 0 Å². The number of ether oxygens (including phenoxy) is 1. The molecular formula is C13H19FN2O2. The van der Waals surface area contributed by atoms with Crippen LogP contribution in [0.1, 0.15) is 11.1 Å². The molecule has 0 aromatic heterocycles. The molecule has 0 amide bonds. The second-order valence-corrected chi connectivity index (χ2v) is 4.50. The fraction of sp³-hybridized carbons (Fsp3) is 0.538. The zero-order valence-electron chi connectivity index (χ0n) is 10.3. The number of hydrogen-bond acceptors (Lipinski definition) is 4. The zero-order valence-corrected chi connectivity index (χ0v) is 10.3. The highest BCUT2D eigenvalue weighted by molar-refractivity contribution is 5.27. The first kappa shape index (κ1) is 13.4. The maximum Gasteiger partial charge on any atom is 0.123 e. The Bertz CT molecular complexity index is 401. The topological polar surface area (TPSA) is 58.7 Å². The van der Waals surface area contributed by atoms with E-state index in [0.717, 1.165) is 17.7 Å². The van der Waals surface area contributed by atoms with Crippen molar-refractivity contribution in [1.82, 2.24) is 4.90 Å². The number of hydrogen-bond donors (Lipinski definition) is 2. The van der Waals surface area contributed by atoms with E-state index >= 15 is 0 Å². The Hall–Kier alpha value is -1.01. The number of aliphatic hydroxyl groups is 1. The van der Waals surface area contributed by atoms with Crippen molar-refractivity contribution in [2.75, 3.05) is 26.4 Å². The molecule has 1 aromatic carbocycles. The molecule has 1 aromatic rings. The van der Waals surface area contributed by atoms with Crippen LogP contribution in [-0.2, 0) is 17.8 Å². The second kappa shape index (κ2) is 6.24. The fourth-order valence-electron chi connectivity index (χ4n) is 2.22. The monoisotopic (exact) mass is 254 g/mol. The van der Waals surface area contributed by atoms with Gasteiger partial charge in [0.1, 0.15) is 5.82 Å². The van der Waals surface area contributed by atoms with Crippen molar-refractivity contribution >= 4 is 0 Å². The molecule has 0 aliphatic carbocycles. The van der Waals surface area contributed by atoms with Crippen molar-refractivity contribution in [3.05, 3.63) is 35.1 Å². The van der Waals surface area contributed by atoms with E-state index in [9.17, 15) is 9.50 Å². The van der Waals surface area contributed by atoms with Gasteiger partial charge >= 0.3 is 0 Å². The molecule has 1 atom stereocenters. The predicted octanol–water partition coefficient (Wildman–Crippen LogP) is 0.478. The van der Waals surface area contributed by atoms with Gasteiger partial charge in [0.05, 0.1) is 25.9 Å². The first-order valence-electron chi connectivity index (χ1n) is 6.14. The minimum atomic E-state index is -0.264. The minimum absolute atomic E-state index is 0.00873. The Labute approximate surface area is 106 Å². The molecule has 1 saturated heterocycles. The van der Waals surface area contributed by atoms with Crippen LogP contribution < -0.4 is 5.73 Å². The standard InChI is InChI=1S/C13H19FN2O2/c14-12-2-1-10(11(5-12)6-15)7-16-3-4-18-9-13(16)8-17/h1-2,5,13,17H,3-4,6-9,15H2. The summed E-state index contributed by atoms with van der Waals surface area (Å²) >= 11 is 0. The number of benzene rings is 1. The Morgan fingerprint density at radius 3 is 3.00 bits per heavy atom. The number of morpholine rings is 1. The predicted molar refractivity (Wildman–Crippen MR) is 66.4 cm³/mol. The van der Waals surface area contributed by atoms with Gasteiger partial charge in [0.15, 0.2) is 0 Å². The van der Waals surface area contributed by atoms with E-state index in [0.29, 0.717) is 26.3 Å². The summed E-state index contributed by atoms with van der Waals surface area (Å²) in [7, 11) is 0. The van der Waals surface area contributed by atoms with Gasteiger partial charge in [-0.3, -0.25) is 4.90 Å². The number of rotatable bonds is 4. The Morgan fingerprint density at radius 1 is 1.44 bits per heavy atom. The van der Waals surface area contributed by atoms with E-state index in [2.05, 4.69) is 4.90 Å². The van der Waals surface area contributed by atoms with Crippen molar-refractivity contribution in [1.29, 1.82) is 0 Å². The number of halogens is 1. The molecule has 2 rings (SSSR count). The molecule has 4 nitrogen and oxygen atoms in total. The van der Waals surface area contributed by atoms with Crippen LogP contribution in [0.15, 0.2) is 18.2 Å². The summed E-state index contributed by atoms with van der Waals surface area (Å²) in [6.07, 6.45) is 0. The SMILES string of the molecule is NCc1cc(F)ccc1CN1CCOCC1CO. The van der Waals surface area contributed by atoms with Crippen LogP contribution in [0, 0.1) is 5.82 Å². The average Bonchev–Trinajstić information content (AvgIpc) is 2.41.